The molecule has 3 heterocycles. The summed E-state index contributed by atoms with van der Waals surface area (Å²) < 4.78 is 39.6. The fraction of sp³-hybridized carbons (Fsp3) is 0.143. The van der Waals surface area contributed by atoms with Crippen LogP contribution in [0.2, 0.25) is 0 Å². The molecule has 3 rings (SSSR count). The van der Waals surface area contributed by atoms with Crippen LogP contribution < -0.4 is 0 Å². The van der Waals surface area contributed by atoms with E-state index < -0.39 is 12.0 Å². The average Bonchev–Trinajstić information content (AvgIpc) is 2.89. The van der Waals surface area contributed by atoms with Gasteiger partial charge in [0.15, 0.2) is 0 Å². The van der Waals surface area contributed by atoms with E-state index in [0.717, 1.165) is 6.20 Å². The summed E-state index contributed by atoms with van der Waals surface area (Å²) in [6.07, 6.45) is 1.36. The van der Waals surface area contributed by atoms with Crippen molar-refractivity contribution < 1.29 is 13.2 Å². The molecule has 0 unspecified atom stereocenters. The summed E-state index contributed by atoms with van der Waals surface area (Å²) in [6.45, 7) is 1.71. The van der Waals surface area contributed by atoms with E-state index in [1.165, 1.54) is 6.07 Å². The first-order valence-electron chi connectivity index (χ1n) is 6.32. The predicted molar refractivity (Wildman–Crippen MR) is 72.1 cm³/mol. The summed E-state index contributed by atoms with van der Waals surface area (Å²) in [6, 6.07) is 4.97. The van der Waals surface area contributed by atoms with Gasteiger partial charge in [-0.2, -0.15) is 18.3 Å². The first kappa shape index (κ1) is 14.2. The second-order valence-corrected chi connectivity index (χ2v) is 4.55. The molecule has 0 aliphatic heterocycles. The number of hydrogen-bond acceptors (Lipinski definition) is 4. The highest BCUT2D eigenvalue weighted by Crippen LogP contribution is 2.28. The number of rotatable bonds is 2. The molecule has 3 aromatic rings. The fourth-order valence-corrected chi connectivity index (χ4v) is 1.98. The van der Waals surface area contributed by atoms with Crippen molar-refractivity contribution in [3.05, 3.63) is 54.5 Å². The molecule has 0 bridgehead atoms. The van der Waals surface area contributed by atoms with Crippen LogP contribution in [0.4, 0.5) is 13.2 Å². The van der Waals surface area contributed by atoms with Crippen LogP contribution >= 0.6 is 0 Å². The predicted octanol–water partition coefficient (Wildman–Crippen LogP) is 3.05. The van der Waals surface area contributed by atoms with Crippen LogP contribution in [0, 0.1) is 6.92 Å². The molecular formula is C14H10F3N5. The Balaban J connectivity index is 2.05. The maximum Gasteiger partial charge on any atom is 0.451 e. The summed E-state index contributed by atoms with van der Waals surface area (Å²) in [5, 5.41) is 4.28. The molecule has 0 N–H and O–H groups in total. The van der Waals surface area contributed by atoms with Crippen LogP contribution in [-0.4, -0.2) is 24.7 Å². The molecule has 0 aliphatic carbocycles. The van der Waals surface area contributed by atoms with Gasteiger partial charge < -0.3 is 0 Å². The van der Waals surface area contributed by atoms with Gasteiger partial charge in [0.05, 0.1) is 23.3 Å². The van der Waals surface area contributed by atoms with E-state index in [9.17, 15) is 13.2 Å². The van der Waals surface area contributed by atoms with Crippen molar-refractivity contribution in [3.8, 4) is 16.9 Å². The zero-order valence-corrected chi connectivity index (χ0v) is 11.4. The van der Waals surface area contributed by atoms with Crippen molar-refractivity contribution in [2.45, 2.75) is 13.1 Å². The second-order valence-electron chi connectivity index (χ2n) is 4.55. The van der Waals surface area contributed by atoms with Gasteiger partial charge in [0.1, 0.15) is 0 Å². The fourth-order valence-electron chi connectivity index (χ4n) is 1.98. The molecule has 0 aliphatic rings. The molecule has 0 saturated carbocycles. The highest BCUT2D eigenvalue weighted by atomic mass is 19.4. The van der Waals surface area contributed by atoms with E-state index >= 15 is 0 Å². The van der Waals surface area contributed by atoms with Crippen molar-refractivity contribution in [1.82, 2.24) is 24.7 Å². The maximum atomic E-state index is 12.7. The van der Waals surface area contributed by atoms with Crippen LogP contribution in [-0.2, 0) is 6.18 Å². The molecule has 8 heteroatoms. The van der Waals surface area contributed by atoms with E-state index in [1.54, 1.807) is 42.3 Å². The Morgan fingerprint density at radius 3 is 2.64 bits per heavy atom. The third-order valence-corrected chi connectivity index (χ3v) is 2.99. The zero-order valence-electron chi connectivity index (χ0n) is 11.4. The van der Waals surface area contributed by atoms with Crippen LogP contribution in [0.5, 0.6) is 0 Å². The molecule has 0 atom stereocenters. The number of halogens is 3. The Labute approximate surface area is 123 Å². The number of aryl methyl sites for hydroxylation is 1. The van der Waals surface area contributed by atoms with Gasteiger partial charge in [-0.15, -0.1) is 0 Å². The van der Waals surface area contributed by atoms with Gasteiger partial charge in [-0.05, 0) is 25.1 Å². The van der Waals surface area contributed by atoms with E-state index in [1.807, 2.05) is 0 Å². The molecule has 0 amide bonds. The van der Waals surface area contributed by atoms with Gasteiger partial charge in [-0.3, -0.25) is 4.98 Å². The monoisotopic (exact) mass is 305 g/mol. The molecule has 5 nitrogen and oxygen atoms in total. The minimum Gasteiger partial charge on any atom is -0.262 e. The highest BCUT2D eigenvalue weighted by molar-refractivity contribution is 5.61. The molecule has 3 aromatic heterocycles. The highest BCUT2D eigenvalue weighted by Gasteiger charge is 2.34. The van der Waals surface area contributed by atoms with Crippen LogP contribution in [0.1, 0.15) is 11.5 Å². The van der Waals surface area contributed by atoms with E-state index in [2.05, 4.69) is 20.1 Å². The van der Waals surface area contributed by atoms with Gasteiger partial charge in [-0.1, -0.05) is 0 Å². The number of nitrogens with zero attached hydrogens (tertiary/aromatic N) is 5. The van der Waals surface area contributed by atoms with Crippen molar-refractivity contribution in [1.29, 1.82) is 0 Å². The molecular weight excluding hydrogens is 295 g/mol. The minimum absolute atomic E-state index is 0.176. The van der Waals surface area contributed by atoms with E-state index in [-0.39, 0.29) is 5.69 Å². The average molecular weight is 305 g/mol. The lowest BCUT2D eigenvalue weighted by atomic mass is 10.2. The van der Waals surface area contributed by atoms with Gasteiger partial charge in [-0.25, -0.2) is 14.6 Å². The Bertz CT molecular complexity index is 796. The molecule has 112 valence electrons. The van der Waals surface area contributed by atoms with Gasteiger partial charge in [0.25, 0.3) is 0 Å². The Kier molecular flexibility index (Phi) is 3.36. The number of pyridine rings is 1. The number of alkyl halides is 3. The Morgan fingerprint density at radius 1 is 1.14 bits per heavy atom. The zero-order chi connectivity index (χ0) is 15.7. The lowest BCUT2D eigenvalue weighted by molar-refractivity contribution is -0.144. The summed E-state index contributed by atoms with van der Waals surface area (Å²) in [5.41, 5.74) is 1.96. The van der Waals surface area contributed by atoms with Crippen LogP contribution in [0.25, 0.3) is 16.9 Å². The third-order valence-electron chi connectivity index (χ3n) is 2.99. The smallest absolute Gasteiger partial charge is 0.262 e. The molecule has 0 aromatic carbocycles. The van der Waals surface area contributed by atoms with E-state index in [4.69, 9.17) is 0 Å². The second kappa shape index (κ2) is 5.21. The van der Waals surface area contributed by atoms with Crippen LogP contribution in [0.15, 0.2) is 43.0 Å². The van der Waals surface area contributed by atoms with Crippen molar-refractivity contribution in [2.75, 3.05) is 0 Å². The lowest BCUT2D eigenvalue weighted by Gasteiger charge is -2.05. The number of aromatic nitrogens is 5. The van der Waals surface area contributed by atoms with Crippen molar-refractivity contribution in [3.63, 3.8) is 0 Å². The van der Waals surface area contributed by atoms with Crippen LogP contribution in [0.3, 0.4) is 0 Å². The normalized spacial score (nSPS) is 11.6. The summed E-state index contributed by atoms with van der Waals surface area (Å²) >= 11 is 0. The molecule has 0 saturated heterocycles. The summed E-state index contributed by atoms with van der Waals surface area (Å²) in [7, 11) is 0. The summed E-state index contributed by atoms with van der Waals surface area (Å²) in [4.78, 5) is 10.8. The standard InChI is InChI=1S/C14H10F3N5/c1-9-11(8-22(21-9)10-3-2-5-18-7-10)12-4-6-19-13(20-12)14(15,16)17/h2-8H,1H3. The maximum absolute atomic E-state index is 12.7. The first-order valence-corrected chi connectivity index (χ1v) is 6.32. The topological polar surface area (TPSA) is 56.5 Å². The quantitative estimate of drug-likeness (QED) is 0.730. The minimum atomic E-state index is -4.58. The third kappa shape index (κ3) is 2.67. The van der Waals surface area contributed by atoms with Gasteiger partial charge >= 0.3 is 6.18 Å². The largest absolute Gasteiger partial charge is 0.451 e. The Hall–Kier alpha value is -2.77. The number of hydrogen-bond donors (Lipinski definition) is 0. The Morgan fingerprint density at radius 2 is 1.95 bits per heavy atom. The van der Waals surface area contributed by atoms with E-state index in [0.29, 0.717) is 16.9 Å². The lowest BCUT2D eigenvalue weighted by Crippen LogP contribution is -2.11. The molecule has 0 radical (unpaired) electrons. The van der Waals surface area contributed by atoms with Gasteiger partial charge in [0, 0.05) is 24.2 Å². The molecule has 0 fully saturated rings. The first-order chi connectivity index (χ1) is 10.4. The molecule has 0 spiro atoms. The SMILES string of the molecule is Cc1nn(-c2cccnc2)cc1-c1ccnc(C(F)(F)F)n1. The van der Waals surface area contributed by atoms with Crippen molar-refractivity contribution >= 4 is 0 Å². The summed E-state index contributed by atoms with van der Waals surface area (Å²) in [5.74, 6) is -1.17. The van der Waals surface area contributed by atoms with Gasteiger partial charge in [0.2, 0.25) is 5.82 Å². The van der Waals surface area contributed by atoms with Crippen molar-refractivity contribution in [2.24, 2.45) is 0 Å². The molecule has 22 heavy (non-hydrogen) atoms.